The molecule has 0 saturated heterocycles. The van der Waals surface area contributed by atoms with Crippen LogP contribution in [0.15, 0.2) is 30.3 Å². The topological polar surface area (TPSA) is 68.2 Å². The van der Waals surface area contributed by atoms with Crippen LogP contribution in [0.25, 0.3) is 11.3 Å². The summed E-state index contributed by atoms with van der Waals surface area (Å²) in [6, 6.07) is 9.42. The molecule has 6 nitrogen and oxygen atoms in total. The van der Waals surface area contributed by atoms with Crippen molar-refractivity contribution in [1.82, 2.24) is 20.4 Å². The molecule has 2 N–H and O–H groups in total. The van der Waals surface area contributed by atoms with Gasteiger partial charge in [0.05, 0.1) is 19.3 Å². The van der Waals surface area contributed by atoms with E-state index in [0.717, 1.165) is 17.0 Å². The first kappa shape index (κ1) is 12.7. The number of amides is 1. The van der Waals surface area contributed by atoms with Crippen molar-refractivity contribution in [3.63, 3.8) is 0 Å². The third kappa shape index (κ3) is 2.04. The molecular weight excluding hydrogens is 256 g/mol. The summed E-state index contributed by atoms with van der Waals surface area (Å²) >= 11 is 0. The summed E-state index contributed by atoms with van der Waals surface area (Å²) in [6.45, 7) is 0.534. The summed E-state index contributed by atoms with van der Waals surface area (Å²) < 4.78 is 6.87. The third-order valence-corrected chi connectivity index (χ3v) is 3.44. The molecule has 104 valence electrons. The lowest BCUT2D eigenvalue weighted by Gasteiger charge is -2.23. The van der Waals surface area contributed by atoms with Crippen molar-refractivity contribution in [3.8, 4) is 17.0 Å². The Morgan fingerprint density at radius 2 is 2.15 bits per heavy atom. The number of benzene rings is 1. The van der Waals surface area contributed by atoms with Gasteiger partial charge in [0.15, 0.2) is 0 Å². The lowest BCUT2D eigenvalue weighted by Crippen LogP contribution is -2.44. The molecule has 1 atom stereocenters. The van der Waals surface area contributed by atoms with Gasteiger partial charge in [-0.3, -0.25) is 10.1 Å². The fourth-order valence-corrected chi connectivity index (χ4v) is 2.30. The van der Waals surface area contributed by atoms with Crippen LogP contribution < -0.4 is 15.4 Å². The monoisotopic (exact) mass is 272 g/mol. The molecule has 1 aliphatic rings. The Hall–Kier alpha value is -2.34. The number of likely N-dealkylation sites (N-methyl/N-ethyl adjacent to an activating group) is 1. The average Bonchev–Trinajstić information content (AvgIpc) is 2.94. The van der Waals surface area contributed by atoms with Crippen molar-refractivity contribution in [1.29, 1.82) is 0 Å². The van der Waals surface area contributed by atoms with Crippen molar-refractivity contribution >= 4 is 5.91 Å². The minimum atomic E-state index is -0.0937. The second kappa shape index (κ2) is 4.97. The van der Waals surface area contributed by atoms with Crippen LogP contribution >= 0.6 is 0 Å². The van der Waals surface area contributed by atoms with Crippen LogP contribution in [0.4, 0.5) is 0 Å². The summed E-state index contributed by atoms with van der Waals surface area (Å²) in [5.41, 5.74) is 2.30. The van der Waals surface area contributed by atoms with E-state index >= 15 is 0 Å². The molecule has 2 heterocycles. The Morgan fingerprint density at radius 3 is 2.80 bits per heavy atom. The molecule has 0 aliphatic carbocycles. The van der Waals surface area contributed by atoms with Gasteiger partial charge in [0.25, 0.3) is 5.91 Å². The largest absolute Gasteiger partial charge is 0.497 e. The zero-order valence-electron chi connectivity index (χ0n) is 11.4. The zero-order valence-corrected chi connectivity index (χ0v) is 11.4. The Kier molecular flexibility index (Phi) is 3.15. The first-order valence-corrected chi connectivity index (χ1v) is 6.42. The highest BCUT2D eigenvalue weighted by molar-refractivity contribution is 5.94. The van der Waals surface area contributed by atoms with Gasteiger partial charge < -0.3 is 10.1 Å². The summed E-state index contributed by atoms with van der Waals surface area (Å²) in [6.07, 6.45) is -0.0188. The van der Waals surface area contributed by atoms with E-state index < -0.39 is 0 Å². The van der Waals surface area contributed by atoms with Crippen LogP contribution in [0, 0.1) is 0 Å². The molecule has 1 aromatic heterocycles. The quantitative estimate of drug-likeness (QED) is 0.875. The highest BCUT2D eigenvalue weighted by Crippen LogP contribution is 2.24. The zero-order chi connectivity index (χ0) is 14.1. The first-order valence-electron chi connectivity index (χ1n) is 6.42. The van der Waals surface area contributed by atoms with Gasteiger partial charge >= 0.3 is 0 Å². The van der Waals surface area contributed by atoms with Crippen LogP contribution in [0.2, 0.25) is 0 Å². The highest BCUT2D eigenvalue weighted by Gasteiger charge is 2.26. The number of nitrogens with one attached hydrogen (secondary N) is 2. The van der Waals surface area contributed by atoms with Crippen molar-refractivity contribution in [2.24, 2.45) is 0 Å². The smallest absolute Gasteiger partial charge is 0.269 e. The molecule has 2 aromatic rings. The van der Waals surface area contributed by atoms with E-state index in [2.05, 4.69) is 15.7 Å². The summed E-state index contributed by atoms with van der Waals surface area (Å²) in [5, 5.41) is 10.5. The van der Waals surface area contributed by atoms with E-state index in [1.165, 1.54) is 0 Å². The number of ether oxygens (including phenoxy) is 1. The second-order valence-electron chi connectivity index (χ2n) is 4.60. The third-order valence-electron chi connectivity index (χ3n) is 3.44. The van der Waals surface area contributed by atoms with Gasteiger partial charge in [0, 0.05) is 5.56 Å². The minimum absolute atomic E-state index is 0.0188. The summed E-state index contributed by atoms with van der Waals surface area (Å²) in [5.74, 6) is 0.701. The number of fused-ring (bicyclic) bond motifs is 1. The van der Waals surface area contributed by atoms with E-state index in [-0.39, 0.29) is 12.1 Å². The van der Waals surface area contributed by atoms with Gasteiger partial charge in [-0.25, -0.2) is 4.68 Å². The van der Waals surface area contributed by atoms with Gasteiger partial charge in [-0.05, 0) is 37.4 Å². The van der Waals surface area contributed by atoms with Gasteiger partial charge in [-0.15, -0.1) is 0 Å². The van der Waals surface area contributed by atoms with Crippen molar-refractivity contribution < 1.29 is 9.53 Å². The maximum atomic E-state index is 11.9. The molecule has 0 spiro atoms. The lowest BCUT2D eigenvalue weighted by atomic mass is 10.1. The van der Waals surface area contributed by atoms with E-state index in [0.29, 0.717) is 12.2 Å². The van der Waals surface area contributed by atoms with Crippen LogP contribution in [0.3, 0.4) is 0 Å². The van der Waals surface area contributed by atoms with Crippen molar-refractivity contribution in [2.75, 3.05) is 20.7 Å². The maximum absolute atomic E-state index is 11.9. The van der Waals surface area contributed by atoms with E-state index in [4.69, 9.17) is 4.74 Å². The number of aromatic nitrogens is 2. The SMILES string of the molecule is CNC1CNC(=O)c2cc(-c3ccc(OC)cc3)nn21. The van der Waals surface area contributed by atoms with Gasteiger partial charge in [-0.1, -0.05) is 0 Å². The highest BCUT2D eigenvalue weighted by atomic mass is 16.5. The van der Waals surface area contributed by atoms with Gasteiger partial charge in [0.1, 0.15) is 17.6 Å². The molecule has 0 saturated carbocycles. The fourth-order valence-electron chi connectivity index (χ4n) is 2.30. The van der Waals surface area contributed by atoms with Crippen LogP contribution in [-0.2, 0) is 0 Å². The minimum Gasteiger partial charge on any atom is -0.497 e. The van der Waals surface area contributed by atoms with Gasteiger partial charge in [0.2, 0.25) is 0 Å². The molecule has 1 unspecified atom stereocenters. The summed E-state index contributed by atoms with van der Waals surface area (Å²) in [4.78, 5) is 11.9. The number of methoxy groups -OCH3 is 1. The lowest BCUT2D eigenvalue weighted by molar-refractivity contribution is 0.0903. The van der Waals surface area contributed by atoms with Crippen molar-refractivity contribution in [3.05, 3.63) is 36.0 Å². The predicted octanol–water partition coefficient (Wildman–Crippen LogP) is 1.02. The molecule has 1 aliphatic heterocycles. The number of carbonyl (C=O) groups excluding carboxylic acids is 1. The molecule has 3 rings (SSSR count). The first-order chi connectivity index (χ1) is 9.72. The standard InChI is InChI=1S/C14H16N4O2/c1-15-13-8-16-14(19)12-7-11(17-18(12)13)9-3-5-10(20-2)6-4-9/h3-7,13,15H,8H2,1-2H3,(H,16,19). The van der Waals surface area contributed by atoms with E-state index in [9.17, 15) is 4.79 Å². The van der Waals surface area contributed by atoms with E-state index in [1.54, 1.807) is 17.9 Å². The number of nitrogens with zero attached hydrogens (tertiary/aromatic N) is 2. The van der Waals surface area contributed by atoms with E-state index in [1.807, 2.05) is 31.3 Å². The van der Waals surface area contributed by atoms with Crippen molar-refractivity contribution in [2.45, 2.75) is 6.17 Å². The Balaban J connectivity index is 2.01. The summed E-state index contributed by atoms with van der Waals surface area (Å²) in [7, 11) is 3.48. The van der Waals surface area contributed by atoms with Gasteiger partial charge in [-0.2, -0.15) is 5.10 Å². The number of hydrogen-bond donors (Lipinski definition) is 2. The van der Waals surface area contributed by atoms with Crippen LogP contribution in [-0.4, -0.2) is 36.4 Å². The average molecular weight is 272 g/mol. The van der Waals surface area contributed by atoms with Crippen LogP contribution in [0.5, 0.6) is 5.75 Å². The maximum Gasteiger partial charge on any atom is 0.269 e. The fraction of sp³-hybridized carbons (Fsp3) is 0.286. The number of rotatable bonds is 3. The Morgan fingerprint density at radius 1 is 1.40 bits per heavy atom. The molecule has 0 fully saturated rings. The molecule has 1 amide bonds. The molecule has 20 heavy (non-hydrogen) atoms. The second-order valence-corrected chi connectivity index (χ2v) is 4.60. The molecule has 1 aromatic carbocycles. The predicted molar refractivity (Wildman–Crippen MR) is 74.6 cm³/mol. The Bertz CT molecular complexity index is 633. The number of hydrogen-bond acceptors (Lipinski definition) is 4. The number of carbonyl (C=O) groups is 1. The molecule has 0 radical (unpaired) electrons. The normalized spacial score (nSPS) is 17.5. The molecule has 6 heteroatoms. The molecular formula is C14H16N4O2. The Labute approximate surface area is 116 Å². The molecule has 0 bridgehead atoms. The van der Waals surface area contributed by atoms with Crippen LogP contribution in [0.1, 0.15) is 16.7 Å².